The lowest BCUT2D eigenvalue weighted by Crippen LogP contribution is -1.94. The van der Waals surface area contributed by atoms with Crippen LogP contribution in [0.3, 0.4) is 0 Å². The molecule has 0 N–H and O–H groups in total. The van der Waals surface area contributed by atoms with Crippen LogP contribution in [0.25, 0.3) is 10.9 Å². The maximum atomic E-state index is 13.7. The Hall–Kier alpha value is -3.02. The van der Waals surface area contributed by atoms with E-state index in [2.05, 4.69) is 4.98 Å². The van der Waals surface area contributed by atoms with Crippen molar-refractivity contribution in [3.8, 4) is 11.5 Å². The molecule has 0 aliphatic heterocycles. The van der Waals surface area contributed by atoms with Crippen LogP contribution in [0.2, 0.25) is 0 Å². The monoisotopic (exact) mass is 312 g/mol. The lowest BCUT2D eigenvalue weighted by Gasteiger charge is -2.10. The van der Waals surface area contributed by atoms with Crippen LogP contribution >= 0.6 is 0 Å². The first kappa shape index (κ1) is 14.9. The van der Waals surface area contributed by atoms with E-state index < -0.39 is 16.4 Å². The fourth-order valence-corrected chi connectivity index (χ4v) is 2.30. The Bertz CT molecular complexity index is 925. The first-order valence-corrected chi connectivity index (χ1v) is 6.93. The van der Waals surface area contributed by atoms with Crippen LogP contribution in [0.15, 0.2) is 42.6 Å². The van der Waals surface area contributed by atoms with E-state index >= 15 is 0 Å². The van der Waals surface area contributed by atoms with Crippen LogP contribution in [-0.4, -0.2) is 9.91 Å². The average molecular weight is 312 g/mol. The van der Waals surface area contributed by atoms with Gasteiger partial charge in [0.25, 0.3) is 0 Å². The van der Waals surface area contributed by atoms with E-state index in [9.17, 15) is 14.5 Å². The summed E-state index contributed by atoms with van der Waals surface area (Å²) >= 11 is 0. The molecule has 0 amide bonds. The number of benzene rings is 2. The molecule has 1 heterocycles. The Labute approximate surface area is 131 Å². The maximum absolute atomic E-state index is 13.7. The lowest BCUT2D eigenvalue weighted by molar-refractivity contribution is -0.387. The second-order valence-electron chi connectivity index (χ2n) is 5.24. The summed E-state index contributed by atoms with van der Waals surface area (Å²) in [6.45, 7) is 3.98. The molecule has 0 atom stereocenters. The summed E-state index contributed by atoms with van der Waals surface area (Å²) in [5.74, 6) is -0.219. The van der Waals surface area contributed by atoms with Gasteiger partial charge in [-0.25, -0.2) is 0 Å². The fourth-order valence-electron chi connectivity index (χ4n) is 2.30. The minimum Gasteiger partial charge on any atom is -0.456 e. The van der Waals surface area contributed by atoms with Crippen molar-refractivity contribution in [2.45, 2.75) is 13.8 Å². The zero-order valence-electron chi connectivity index (χ0n) is 12.5. The lowest BCUT2D eigenvalue weighted by atomic mass is 10.1. The predicted molar refractivity (Wildman–Crippen MR) is 84.3 cm³/mol. The van der Waals surface area contributed by atoms with Crippen LogP contribution in [0.1, 0.15) is 11.1 Å². The third-order valence-corrected chi connectivity index (χ3v) is 3.66. The van der Waals surface area contributed by atoms with Gasteiger partial charge in [0, 0.05) is 23.7 Å². The third kappa shape index (κ3) is 2.83. The molecule has 116 valence electrons. The van der Waals surface area contributed by atoms with Crippen molar-refractivity contribution in [3.05, 3.63) is 69.7 Å². The minimum atomic E-state index is -0.933. The van der Waals surface area contributed by atoms with Crippen LogP contribution < -0.4 is 4.74 Å². The molecule has 0 aliphatic carbocycles. The molecule has 3 aromatic rings. The summed E-state index contributed by atoms with van der Waals surface area (Å²) in [6.07, 6.45) is 1.61. The number of nitrogens with zero attached hydrogens (tertiary/aromatic N) is 2. The van der Waals surface area contributed by atoms with Crippen LogP contribution in [0, 0.1) is 29.8 Å². The predicted octanol–water partition coefficient (Wildman–Crippen LogP) is 4.69. The largest absolute Gasteiger partial charge is 0.456 e. The van der Waals surface area contributed by atoms with Gasteiger partial charge < -0.3 is 4.74 Å². The minimum absolute atomic E-state index is 0.193. The molecule has 0 saturated heterocycles. The number of nitro groups is 1. The maximum Gasteiger partial charge on any atom is 0.305 e. The van der Waals surface area contributed by atoms with E-state index in [1.54, 1.807) is 12.3 Å². The smallest absolute Gasteiger partial charge is 0.305 e. The Morgan fingerprint density at radius 2 is 1.87 bits per heavy atom. The molecule has 0 aliphatic rings. The number of aromatic nitrogens is 1. The molecule has 0 bridgehead atoms. The van der Waals surface area contributed by atoms with E-state index in [-0.39, 0.29) is 5.75 Å². The van der Waals surface area contributed by atoms with Crippen molar-refractivity contribution < 1.29 is 14.1 Å². The summed E-state index contributed by atoms with van der Waals surface area (Å²) in [5.41, 5.74) is 2.39. The zero-order valence-corrected chi connectivity index (χ0v) is 12.5. The van der Waals surface area contributed by atoms with Crippen molar-refractivity contribution >= 4 is 16.6 Å². The molecular formula is C17H13FN2O3. The summed E-state index contributed by atoms with van der Waals surface area (Å²) in [6, 6.07) is 9.04. The van der Waals surface area contributed by atoms with Crippen molar-refractivity contribution in [2.75, 3.05) is 0 Å². The average Bonchev–Trinajstić information content (AvgIpc) is 2.49. The number of halogens is 1. The van der Waals surface area contributed by atoms with Crippen molar-refractivity contribution in [3.63, 3.8) is 0 Å². The molecule has 0 radical (unpaired) electrons. The number of fused-ring (bicyclic) bond motifs is 1. The number of rotatable bonds is 3. The topological polar surface area (TPSA) is 65.3 Å². The number of aryl methyl sites for hydroxylation is 2. The Kier molecular flexibility index (Phi) is 3.65. The van der Waals surface area contributed by atoms with Gasteiger partial charge in [-0.2, -0.15) is 4.39 Å². The summed E-state index contributed by atoms with van der Waals surface area (Å²) in [4.78, 5) is 14.2. The van der Waals surface area contributed by atoms with Gasteiger partial charge in [-0.3, -0.25) is 15.1 Å². The molecule has 0 fully saturated rings. The highest BCUT2D eigenvalue weighted by Gasteiger charge is 2.15. The Morgan fingerprint density at radius 3 is 2.57 bits per heavy atom. The molecule has 0 unspecified atom stereocenters. The van der Waals surface area contributed by atoms with Gasteiger partial charge >= 0.3 is 5.69 Å². The molecule has 23 heavy (non-hydrogen) atoms. The molecule has 5 nitrogen and oxygen atoms in total. The summed E-state index contributed by atoms with van der Waals surface area (Å²) < 4.78 is 19.4. The molecule has 6 heteroatoms. The number of nitro benzene ring substituents is 1. The number of hydrogen-bond acceptors (Lipinski definition) is 4. The fraction of sp³-hybridized carbons (Fsp3) is 0.118. The number of hydrogen-bond donors (Lipinski definition) is 0. The highest BCUT2D eigenvalue weighted by atomic mass is 19.1. The van der Waals surface area contributed by atoms with E-state index in [0.29, 0.717) is 5.75 Å². The molecular weight excluding hydrogens is 299 g/mol. The zero-order chi connectivity index (χ0) is 16.6. The van der Waals surface area contributed by atoms with E-state index in [0.717, 1.165) is 34.2 Å². The van der Waals surface area contributed by atoms with Crippen molar-refractivity contribution in [1.29, 1.82) is 0 Å². The first-order valence-electron chi connectivity index (χ1n) is 6.93. The first-order chi connectivity index (χ1) is 11.0. The molecule has 3 rings (SSSR count). The number of pyridine rings is 1. The Balaban J connectivity index is 2.03. The van der Waals surface area contributed by atoms with Crippen molar-refractivity contribution in [1.82, 2.24) is 4.98 Å². The molecule has 0 saturated carbocycles. The molecule has 1 aromatic heterocycles. The highest BCUT2D eigenvalue weighted by Crippen LogP contribution is 2.32. The van der Waals surface area contributed by atoms with Gasteiger partial charge in [-0.05, 0) is 49.2 Å². The van der Waals surface area contributed by atoms with Crippen molar-refractivity contribution in [2.24, 2.45) is 0 Å². The van der Waals surface area contributed by atoms with Gasteiger partial charge in [0.2, 0.25) is 5.82 Å². The third-order valence-electron chi connectivity index (χ3n) is 3.66. The summed E-state index contributed by atoms with van der Waals surface area (Å²) in [5, 5.41) is 11.5. The van der Waals surface area contributed by atoms with Crippen LogP contribution in [-0.2, 0) is 0 Å². The van der Waals surface area contributed by atoms with Gasteiger partial charge in [0.05, 0.1) is 10.4 Å². The quantitative estimate of drug-likeness (QED) is 0.520. The molecule has 0 spiro atoms. The van der Waals surface area contributed by atoms with E-state index in [1.165, 1.54) is 6.07 Å². The molecule has 2 aromatic carbocycles. The standard InChI is InChI=1S/C17H13FN2O3/c1-10-7-13-15(8-11(10)2)19-6-5-17(13)23-12-3-4-16(20(21)22)14(18)9-12/h3-9H,1-2H3. The van der Waals surface area contributed by atoms with E-state index in [1.807, 2.05) is 26.0 Å². The van der Waals surface area contributed by atoms with Gasteiger partial charge in [0.1, 0.15) is 11.5 Å². The second kappa shape index (κ2) is 5.64. The highest BCUT2D eigenvalue weighted by molar-refractivity contribution is 5.86. The number of ether oxygens (including phenoxy) is 1. The van der Waals surface area contributed by atoms with E-state index in [4.69, 9.17) is 4.74 Å². The van der Waals surface area contributed by atoms with Crippen LogP contribution in [0.4, 0.5) is 10.1 Å². The van der Waals surface area contributed by atoms with Gasteiger partial charge in [-0.15, -0.1) is 0 Å². The SMILES string of the molecule is Cc1cc2nccc(Oc3ccc([N+](=O)[O-])c(F)c3)c2cc1C. The summed E-state index contributed by atoms with van der Waals surface area (Å²) in [7, 11) is 0. The van der Waals surface area contributed by atoms with Gasteiger partial charge in [0.15, 0.2) is 0 Å². The van der Waals surface area contributed by atoms with Crippen LogP contribution in [0.5, 0.6) is 11.5 Å². The van der Waals surface area contributed by atoms with Gasteiger partial charge in [-0.1, -0.05) is 0 Å². The normalized spacial score (nSPS) is 10.7. The Morgan fingerprint density at radius 1 is 1.13 bits per heavy atom. The second-order valence-corrected chi connectivity index (χ2v) is 5.24.